The van der Waals surface area contributed by atoms with Crippen LogP contribution in [0, 0.1) is 0 Å². The molecule has 2 aromatic rings. The predicted molar refractivity (Wildman–Crippen MR) is 114 cm³/mol. The summed E-state index contributed by atoms with van der Waals surface area (Å²) in [5.41, 5.74) is 21.2. The number of alkyl halides is 1. The molecule has 5 nitrogen and oxygen atoms in total. The van der Waals surface area contributed by atoms with E-state index in [2.05, 4.69) is 5.32 Å². The van der Waals surface area contributed by atoms with Crippen molar-refractivity contribution in [2.45, 2.75) is 44.1 Å². The zero-order chi connectivity index (χ0) is 20.4. The first kappa shape index (κ1) is 21.1. The molecular formula is C19H25FN4OS2. The third-order valence-electron chi connectivity index (χ3n) is 3.88. The van der Waals surface area contributed by atoms with E-state index in [1.807, 2.05) is 31.2 Å². The SMILES string of the molecule is C/C(N)=C(\C)c1c(N)sc(C(=O)NCc2ccc(SC(C)(C)F)cc2)c1N. The lowest BCUT2D eigenvalue weighted by atomic mass is 10.1. The number of carbonyl (C=O) groups is 1. The van der Waals surface area contributed by atoms with E-state index in [9.17, 15) is 9.18 Å². The van der Waals surface area contributed by atoms with E-state index in [0.717, 1.165) is 39.1 Å². The first-order valence-corrected chi connectivity index (χ1v) is 9.99. The van der Waals surface area contributed by atoms with Gasteiger partial charge < -0.3 is 22.5 Å². The summed E-state index contributed by atoms with van der Waals surface area (Å²) in [7, 11) is 0. The van der Waals surface area contributed by atoms with Crippen LogP contribution in [0.3, 0.4) is 0 Å². The minimum atomic E-state index is -1.33. The van der Waals surface area contributed by atoms with Crippen LogP contribution in [0.4, 0.5) is 15.1 Å². The Morgan fingerprint density at radius 1 is 1.22 bits per heavy atom. The largest absolute Gasteiger partial charge is 0.402 e. The second-order valence-electron chi connectivity index (χ2n) is 6.68. The second-order valence-corrected chi connectivity index (χ2v) is 9.38. The average molecular weight is 409 g/mol. The standard InChI is InChI=1S/C19H25FN4OS2/c1-10(11(2)21)14-15(22)16(26-17(14)23)18(25)24-9-12-5-7-13(8-6-12)27-19(3,4)20/h5-8H,9,21-23H2,1-4H3,(H,24,25)/b11-10-. The lowest BCUT2D eigenvalue weighted by Gasteiger charge is -2.13. The molecule has 2 rings (SSSR count). The molecular weight excluding hydrogens is 383 g/mol. The van der Waals surface area contributed by atoms with Crippen LogP contribution in [0.15, 0.2) is 34.9 Å². The Morgan fingerprint density at radius 3 is 2.33 bits per heavy atom. The Balaban J connectivity index is 2.09. The molecule has 0 aliphatic carbocycles. The second kappa shape index (κ2) is 8.22. The summed E-state index contributed by atoms with van der Waals surface area (Å²) < 4.78 is 13.7. The third-order valence-corrected chi connectivity index (χ3v) is 5.91. The van der Waals surface area contributed by atoms with Crippen molar-refractivity contribution >= 4 is 45.3 Å². The molecule has 7 N–H and O–H groups in total. The van der Waals surface area contributed by atoms with Gasteiger partial charge in [-0.1, -0.05) is 23.9 Å². The smallest absolute Gasteiger partial charge is 0.263 e. The van der Waals surface area contributed by atoms with Crippen LogP contribution in [0.1, 0.15) is 48.5 Å². The Kier molecular flexibility index (Phi) is 6.43. The highest BCUT2D eigenvalue weighted by atomic mass is 32.2. The maximum Gasteiger partial charge on any atom is 0.263 e. The van der Waals surface area contributed by atoms with E-state index < -0.39 is 5.00 Å². The average Bonchev–Trinajstić information content (AvgIpc) is 2.86. The van der Waals surface area contributed by atoms with Crippen molar-refractivity contribution in [2.75, 3.05) is 11.5 Å². The maximum absolute atomic E-state index is 13.7. The van der Waals surface area contributed by atoms with E-state index in [-0.39, 0.29) is 5.91 Å². The zero-order valence-corrected chi connectivity index (χ0v) is 17.5. The molecule has 1 amide bonds. The van der Waals surface area contributed by atoms with Crippen molar-refractivity contribution in [2.24, 2.45) is 5.73 Å². The van der Waals surface area contributed by atoms with Crippen LogP contribution in [0.5, 0.6) is 0 Å². The number of carbonyl (C=O) groups excluding carboxylic acids is 1. The van der Waals surface area contributed by atoms with Crippen molar-refractivity contribution in [1.29, 1.82) is 0 Å². The fourth-order valence-electron chi connectivity index (χ4n) is 2.43. The van der Waals surface area contributed by atoms with Crippen molar-refractivity contribution in [3.8, 4) is 0 Å². The number of thiophene rings is 1. The van der Waals surface area contributed by atoms with Crippen LogP contribution in [0.2, 0.25) is 0 Å². The molecule has 0 spiro atoms. The summed E-state index contributed by atoms with van der Waals surface area (Å²) in [6.07, 6.45) is 0. The summed E-state index contributed by atoms with van der Waals surface area (Å²) in [4.78, 5) is 13.7. The summed E-state index contributed by atoms with van der Waals surface area (Å²) in [6.45, 7) is 6.95. The van der Waals surface area contributed by atoms with Gasteiger partial charge in [0, 0.05) is 22.7 Å². The Labute approximate surface area is 167 Å². The van der Waals surface area contributed by atoms with Gasteiger partial charge in [0.25, 0.3) is 5.91 Å². The van der Waals surface area contributed by atoms with Crippen molar-refractivity contribution in [3.63, 3.8) is 0 Å². The molecule has 146 valence electrons. The zero-order valence-electron chi connectivity index (χ0n) is 15.9. The number of halogens is 1. The van der Waals surface area contributed by atoms with Gasteiger partial charge in [-0.15, -0.1) is 11.3 Å². The van der Waals surface area contributed by atoms with Gasteiger partial charge >= 0.3 is 0 Å². The number of nitrogen functional groups attached to an aromatic ring is 2. The first-order valence-electron chi connectivity index (χ1n) is 8.35. The van der Waals surface area contributed by atoms with E-state index in [1.165, 1.54) is 13.8 Å². The summed E-state index contributed by atoms with van der Waals surface area (Å²) >= 11 is 2.29. The van der Waals surface area contributed by atoms with E-state index in [4.69, 9.17) is 17.2 Å². The van der Waals surface area contributed by atoms with E-state index >= 15 is 0 Å². The van der Waals surface area contributed by atoms with Gasteiger partial charge in [0.15, 0.2) is 5.00 Å². The molecule has 0 radical (unpaired) electrons. The molecule has 0 aliphatic heterocycles. The Hall–Kier alpha value is -2.19. The van der Waals surface area contributed by atoms with Crippen LogP contribution in [-0.4, -0.2) is 10.9 Å². The molecule has 1 heterocycles. The van der Waals surface area contributed by atoms with Crippen molar-refractivity contribution in [1.82, 2.24) is 5.32 Å². The van der Waals surface area contributed by atoms with Gasteiger partial charge in [0.1, 0.15) is 4.88 Å². The van der Waals surface area contributed by atoms with E-state index in [1.54, 1.807) is 6.92 Å². The Bertz CT molecular complexity index is 863. The van der Waals surface area contributed by atoms with Crippen LogP contribution >= 0.6 is 23.1 Å². The number of nitrogens with one attached hydrogen (secondary N) is 1. The molecule has 1 aromatic carbocycles. The van der Waals surface area contributed by atoms with Crippen molar-refractivity contribution < 1.29 is 9.18 Å². The van der Waals surface area contributed by atoms with E-state index in [0.29, 0.717) is 33.4 Å². The maximum atomic E-state index is 13.7. The molecule has 0 unspecified atom stereocenters. The molecule has 0 fully saturated rings. The summed E-state index contributed by atoms with van der Waals surface area (Å²) in [5, 5.41) is 1.97. The van der Waals surface area contributed by atoms with Gasteiger partial charge in [0.05, 0.1) is 10.7 Å². The minimum absolute atomic E-state index is 0.290. The molecule has 0 aliphatic rings. The van der Waals surface area contributed by atoms with Crippen LogP contribution in [0.25, 0.3) is 5.57 Å². The number of rotatable bonds is 6. The summed E-state index contributed by atoms with van der Waals surface area (Å²) in [5.74, 6) is -0.290. The van der Waals surface area contributed by atoms with Gasteiger partial charge in [-0.05, 0) is 51.0 Å². The van der Waals surface area contributed by atoms with Gasteiger partial charge in [-0.3, -0.25) is 4.79 Å². The number of anilines is 2. The highest BCUT2D eigenvalue weighted by Crippen LogP contribution is 2.38. The number of hydrogen-bond donors (Lipinski definition) is 4. The van der Waals surface area contributed by atoms with Crippen LogP contribution < -0.4 is 22.5 Å². The molecule has 8 heteroatoms. The third kappa shape index (κ3) is 5.40. The summed E-state index contributed by atoms with van der Waals surface area (Å²) in [6, 6.07) is 7.38. The highest BCUT2D eigenvalue weighted by molar-refractivity contribution is 8.00. The number of allylic oxidation sites excluding steroid dienone is 2. The fourth-order valence-corrected chi connectivity index (χ4v) is 4.23. The number of benzene rings is 1. The minimum Gasteiger partial charge on any atom is -0.402 e. The molecule has 0 saturated carbocycles. The monoisotopic (exact) mass is 408 g/mol. The van der Waals surface area contributed by atoms with Crippen molar-refractivity contribution in [3.05, 3.63) is 46.0 Å². The predicted octanol–water partition coefficient (Wildman–Crippen LogP) is 4.35. The van der Waals surface area contributed by atoms with Gasteiger partial charge in [-0.2, -0.15) is 0 Å². The first-order chi connectivity index (χ1) is 12.5. The number of amides is 1. The fraction of sp³-hybridized carbons (Fsp3) is 0.316. The molecule has 0 atom stereocenters. The molecule has 27 heavy (non-hydrogen) atoms. The van der Waals surface area contributed by atoms with Gasteiger partial charge in [-0.25, -0.2) is 4.39 Å². The lowest BCUT2D eigenvalue weighted by molar-refractivity contribution is 0.0955. The molecule has 0 saturated heterocycles. The molecule has 0 bridgehead atoms. The quantitative estimate of drug-likeness (QED) is 0.532. The number of nitrogens with two attached hydrogens (primary N) is 3. The number of hydrogen-bond acceptors (Lipinski definition) is 6. The normalized spacial score (nSPS) is 12.6. The topological polar surface area (TPSA) is 107 Å². The lowest BCUT2D eigenvalue weighted by Crippen LogP contribution is -2.22. The van der Waals surface area contributed by atoms with Crippen LogP contribution in [-0.2, 0) is 6.54 Å². The van der Waals surface area contributed by atoms with Gasteiger partial charge in [0.2, 0.25) is 0 Å². The number of thioether (sulfide) groups is 1. The Morgan fingerprint density at radius 2 is 1.81 bits per heavy atom. The molecule has 1 aromatic heterocycles. The highest BCUT2D eigenvalue weighted by Gasteiger charge is 2.21.